The van der Waals surface area contributed by atoms with E-state index in [1.165, 1.54) is 17.0 Å². The van der Waals surface area contributed by atoms with Crippen LogP contribution in [0, 0.1) is 5.92 Å². The summed E-state index contributed by atoms with van der Waals surface area (Å²) in [5.74, 6) is 0.757. The maximum Gasteiger partial charge on any atom is 0.0951 e. The van der Waals surface area contributed by atoms with Gasteiger partial charge in [-0.25, -0.2) is 4.98 Å². The van der Waals surface area contributed by atoms with Crippen LogP contribution in [0.25, 0.3) is 10.6 Å². The third kappa shape index (κ3) is 1.90. The Hall–Kier alpha value is -1.13. The molecule has 0 aliphatic carbocycles. The Labute approximate surface area is 99.1 Å². The minimum Gasteiger partial charge on any atom is -0.330 e. The number of thiophene rings is 1. The molecule has 0 bridgehead atoms. The van der Waals surface area contributed by atoms with Crippen LogP contribution in [0.3, 0.4) is 0 Å². The molecular formula is C12H15N3S. The summed E-state index contributed by atoms with van der Waals surface area (Å²) in [6.07, 6.45) is 5.20. The smallest absolute Gasteiger partial charge is 0.0951 e. The summed E-state index contributed by atoms with van der Waals surface area (Å²) in [6.45, 7) is 3.38. The number of imidazole rings is 1. The fourth-order valence-electron chi connectivity index (χ4n) is 2.24. The normalized spacial score (nSPS) is 20.4. The average Bonchev–Trinajstić information content (AvgIpc) is 2.98. The summed E-state index contributed by atoms with van der Waals surface area (Å²) in [5, 5.41) is 5.52. The van der Waals surface area contributed by atoms with Gasteiger partial charge in [-0.05, 0) is 36.9 Å². The molecule has 1 unspecified atom stereocenters. The molecule has 2 aromatic rings. The molecule has 3 rings (SSSR count). The van der Waals surface area contributed by atoms with E-state index in [0.717, 1.165) is 25.6 Å². The number of rotatable bonds is 3. The van der Waals surface area contributed by atoms with Gasteiger partial charge in [-0.1, -0.05) is 6.07 Å². The molecule has 0 saturated carbocycles. The summed E-state index contributed by atoms with van der Waals surface area (Å²) < 4.78 is 2.28. The molecule has 0 spiro atoms. The first-order valence-electron chi connectivity index (χ1n) is 5.68. The van der Waals surface area contributed by atoms with Crippen molar-refractivity contribution in [3.8, 4) is 10.6 Å². The van der Waals surface area contributed by atoms with E-state index in [4.69, 9.17) is 0 Å². The SMILES string of the molecule is c1csc(-c2cncn2CC2CCNC2)c1. The van der Waals surface area contributed by atoms with Gasteiger partial charge in [0.2, 0.25) is 0 Å². The van der Waals surface area contributed by atoms with E-state index < -0.39 is 0 Å². The topological polar surface area (TPSA) is 29.9 Å². The first-order valence-corrected chi connectivity index (χ1v) is 6.56. The Morgan fingerprint density at radius 3 is 3.31 bits per heavy atom. The highest BCUT2D eigenvalue weighted by Gasteiger charge is 2.16. The molecule has 3 heterocycles. The van der Waals surface area contributed by atoms with Crippen LogP contribution < -0.4 is 5.32 Å². The Morgan fingerprint density at radius 2 is 2.56 bits per heavy atom. The van der Waals surface area contributed by atoms with Gasteiger partial charge >= 0.3 is 0 Å². The Bertz CT molecular complexity index is 441. The quantitative estimate of drug-likeness (QED) is 0.881. The van der Waals surface area contributed by atoms with Gasteiger partial charge in [0.1, 0.15) is 0 Å². The first-order chi connectivity index (χ1) is 7.93. The van der Waals surface area contributed by atoms with Gasteiger partial charge in [0.25, 0.3) is 0 Å². The second-order valence-corrected chi connectivity index (χ2v) is 5.22. The molecule has 16 heavy (non-hydrogen) atoms. The van der Waals surface area contributed by atoms with E-state index in [0.29, 0.717) is 0 Å². The number of hydrogen-bond acceptors (Lipinski definition) is 3. The van der Waals surface area contributed by atoms with Crippen molar-refractivity contribution >= 4 is 11.3 Å². The van der Waals surface area contributed by atoms with Crippen LogP contribution in [-0.2, 0) is 6.54 Å². The second kappa shape index (κ2) is 4.39. The van der Waals surface area contributed by atoms with E-state index in [2.05, 4.69) is 32.4 Å². The highest BCUT2D eigenvalue weighted by Crippen LogP contribution is 2.25. The predicted octanol–water partition coefficient (Wildman–Crippen LogP) is 2.22. The van der Waals surface area contributed by atoms with Crippen LogP contribution in [0.2, 0.25) is 0 Å². The summed E-state index contributed by atoms with van der Waals surface area (Å²) in [5.41, 5.74) is 1.25. The molecule has 4 heteroatoms. The van der Waals surface area contributed by atoms with Crippen molar-refractivity contribution in [2.75, 3.05) is 13.1 Å². The molecule has 1 fully saturated rings. The summed E-state index contributed by atoms with van der Waals surface area (Å²) in [7, 11) is 0. The molecule has 3 nitrogen and oxygen atoms in total. The Kier molecular flexibility index (Phi) is 2.76. The molecule has 2 aromatic heterocycles. The first kappa shape index (κ1) is 10.1. The molecule has 0 amide bonds. The number of aromatic nitrogens is 2. The Morgan fingerprint density at radius 1 is 1.56 bits per heavy atom. The molecule has 0 aromatic carbocycles. The average molecular weight is 233 g/mol. The van der Waals surface area contributed by atoms with Crippen molar-refractivity contribution in [2.45, 2.75) is 13.0 Å². The van der Waals surface area contributed by atoms with Crippen LogP contribution >= 0.6 is 11.3 Å². The van der Waals surface area contributed by atoms with Crippen LogP contribution in [0.5, 0.6) is 0 Å². The highest BCUT2D eigenvalue weighted by atomic mass is 32.1. The lowest BCUT2D eigenvalue weighted by Gasteiger charge is -2.11. The molecule has 1 N–H and O–H groups in total. The summed E-state index contributed by atoms with van der Waals surface area (Å²) in [6, 6.07) is 4.25. The zero-order chi connectivity index (χ0) is 10.8. The van der Waals surface area contributed by atoms with E-state index in [9.17, 15) is 0 Å². The summed E-state index contributed by atoms with van der Waals surface area (Å²) >= 11 is 1.78. The van der Waals surface area contributed by atoms with Gasteiger partial charge in [0.15, 0.2) is 0 Å². The largest absolute Gasteiger partial charge is 0.330 e. The van der Waals surface area contributed by atoms with E-state index in [1.807, 2.05) is 12.5 Å². The standard InChI is InChI=1S/C12H15N3S/c1-2-12(16-5-1)11-7-14-9-15(11)8-10-3-4-13-6-10/h1-2,5,7,9-10,13H,3-4,6,8H2. The number of hydrogen-bond donors (Lipinski definition) is 1. The van der Waals surface area contributed by atoms with Gasteiger partial charge in [-0.3, -0.25) is 0 Å². The van der Waals surface area contributed by atoms with E-state index >= 15 is 0 Å². The maximum atomic E-state index is 4.27. The van der Waals surface area contributed by atoms with Gasteiger partial charge in [0, 0.05) is 6.54 Å². The van der Waals surface area contributed by atoms with Gasteiger partial charge in [-0.2, -0.15) is 0 Å². The van der Waals surface area contributed by atoms with Crippen LogP contribution in [0.1, 0.15) is 6.42 Å². The highest BCUT2D eigenvalue weighted by molar-refractivity contribution is 7.13. The number of nitrogens with one attached hydrogen (secondary N) is 1. The monoisotopic (exact) mass is 233 g/mol. The van der Waals surface area contributed by atoms with Crippen molar-refractivity contribution in [2.24, 2.45) is 5.92 Å². The van der Waals surface area contributed by atoms with E-state index in [1.54, 1.807) is 11.3 Å². The van der Waals surface area contributed by atoms with Crippen LogP contribution in [-0.4, -0.2) is 22.6 Å². The fourth-order valence-corrected chi connectivity index (χ4v) is 3.00. The maximum absolute atomic E-state index is 4.27. The lowest BCUT2D eigenvalue weighted by molar-refractivity contribution is 0.484. The summed E-state index contributed by atoms with van der Waals surface area (Å²) in [4.78, 5) is 5.58. The minimum absolute atomic E-state index is 0.757. The van der Waals surface area contributed by atoms with Crippen molar-refractivity contribution in [3.63, 3.8) is 0 Å². The van der Waals surface area contributed by atoms with Crippen LogP contribution in [0.15, 0.2) is 30.0 Å². The molecule has 1 aliphatic rings. The third-order valence-corrected chi connectivity index (χ3v) is 4.00. The minimum atomic E-state index is 0.757. The second-order valence-electron chi connectivity index (χ2n) is 4.27. The lowest BCUT2D eigenvalue weighted by atomic mass is 10.1. The molecule has 1 aliphatic heterocycles. The molecule has 1 atom stereocenters. The predicted molar refractivity (Wildman–Crippen MR) is 66.5 cm³/mol. The van der Waals surface area contributed by atoms with Crippen molar-refractivity contribution in [3.05, 3.63) is 30.0 Å². The zero-order valence-electron chi connectivity index (χ0n) is 9.10. The van der Waals surface area contributed by atoms with Crippen LogP contribution in [0.4, 0.5) is 0 Å². The van der Waals surface area contributed by atoms with Gasteiger partial charge in [0.05, 0.1) is 23.1 Å². The zero-order valence-corrected chi connectivity index (χ0v) is 9.91. The number of nitrogens with zero attached hydrogens (tertiary/aromatic N) is 2. The van der Waals surface area contributed by atoms with Gasteiger partial charge < -0.3 is 9.88 Å². The van der Waals surface area contributed by atoms with Crippen molar-refractivity contribution in [1.29, 1.82) is 0 Å². The lowest BCUT2D eigenvalue weighted by Crippen LogP contribution is -2.14. The molecule has 84 valence electrons. The van der Waals surface area contributed by atoms with Crippen molar-refractivity contribution in [1.82, 2.24) is 14.9 Å². The van der Waals surface area contributed by atoms with Gasteiger partial charge in [-0.15, -0.1) is 11.3 Å². The molecule has 1 saturated heterocycles. The van der Waals surface area contributed by atoms with Crippen molar-refractivity contribution < 1.29 is 0 Å². The molecule has 0 radical (unpaired) electrons. The third-order valence-electron chi connectivity index (χ3n) is 3.10. The van der Waals surface area contributed by atoms with E-state index in [-0.39, 0.29) is 0 Å². The Balaban J connectivity index is 1.82. The molecular weight excluding hydrogens is 218 g/mol. The fraction of sp³-hybridized carbons (Fsp3) is 0.417.